The minimum absolute atomic E-state index is 0.0591. The molecule has 7 heteroatoms. The zero-order valence-electron chi connectivity index (χ0n) is 17.3. The second kappa shape index (κ2) is 9.35. The molecule has 0 spiro atoms. The molecule has 2 fully saturated rings. The number of aliphatic hydroxyl groups is 1. The highest BCUT2D eigenvalue weighted by Crippen LogP contribution is 2.36. The molecule has 2 aliphatic carbocycles. The topological polar surface area (TPSA) is 101 Å². The van der Waals surface area contributed by atoms with Gasteiger partial charge in [0.15, 0.2) is 0 Å². The Balaban J connectivity index is 1.48. The Hall–Kier alpha value is -2.12. The van der Waals surface area contributed by atoms with E-state index in [0.717, 1.165) is 37.8 Å². The van der Waals surface area contributed by atoms with Gasteiger partial charge in [-0.25, -0.2) is 9.37 Å². The number of carbonyl (C=O) groups is 1. The molecule has 1 aromatic heterocycles. The Morgan fingerprint density at radius 1 is 1.17 bits per heavy atom. The lowest BCUT2D eigenvalue weighted by molar-refractivity contribution is 0.0950. The molecule has 0 aromatic carbocycles. The third-order valence-electron chi connectivity index (χ3n) is 6.85. The molecule has 1 aromatic rings. The smallest absolute Gasteiger partial charge is 0.274 e. The van der Waals surface area contributed by atoms with Crippen molar-refractivity contribution >= 4 is 12.1 Å². The minimum Gasteiger partial charge on any atom is -0.393 e. The number of pyridine rings is 1. The molecule has 3 atom stereocenters. The predicted octanol–water partition coefficient (Wildman–Crippen LogP) is 3.42. The molecular formula is C23H31FN4O2. The van der Waals surface area contributed by atoms with E-state index < -0.39 is 0 Å². The van der Waals surface area contributed by atoms with Gasteiger partial charge in [0.25, 0.3) is 5.91 Å². The summed E-state index contributed by atoms with van der Waals surface area (Å²) in [5, 5.41) is 12.7. The van der Waals surface area contributed by atoms with E-state index >= 15 is 0 Å². The first kappa shape index (κ1) is 21.1. The third-order valence-corrected chi connectivity index (χ3v) is 6.85. The van der Waals surface area contributed by atoms with Crippen LogP contribution in [-0.4, -0.2) is 34.4 Å². The summed E-state index contributed by atoms with van der Waals surface area (Å²) in [7, 11) is 0. The number of carbonyl (C=O) groups excluding carboxylic acids is 1. The molecule has 3 aliphatic rings. The molecule has 1 aliphatic heterocycles. The van der Waals surface area contributed by atoms with Crippen molar-refractivity contribution in [2.75, 3.05) is 0 Å². The van der Waals surface area contributed by atoms with Crippen LogP contribution in [0.2, 0.25) is 0 Å². The zero-order valence-corrected chi connectivity index (χ0v) is 17.3. The summed E-state index contributed by atoms with van der Waals surface area (Å²) < 4.78 is 14.4. The maximum absolute atomic E-state index is 14.4. The van der Waals surface area contributed by atoms with Crippen LogP contribution in [0.25, 0.3) is 0 Å². The van der Waals surface area contributed by atoms with Crippen molar-refractivity contribution < 1.29 is 14.3 Å². The summed E-state index contributed by atoms with van der Waals surface area (Å²) in [6, 6.07) is 2.98. The van der Waals surface area contributed by atoms with E-state index in [1.54, 1.807) is 6.20 Å². The van der Waals surface area contributed by atoms with Crippen molar-refractivity contribution in [3.05, 3.63) is 41.2 Å². The van der Waals surface area contributed by atoms with Gasteiger partial charge in [-0.3, -0.25) is 9.79 Å². The highest BCUT2D eigenvalue weighted by molar-refractivity contribution is 5.93. The first-order valence-electron chi connectivity index (χ1n) is 11.1. The largest absolute Gasteiger partial charge is 0.393 e. The summed E-state index contributed by atoms with van der Waals surface area (Å²) in [5.41, 5.74) is 7.53. The summed E-state index contributed by atoms with van der Waals surface area (Å²) in [5.74, 6) is -0.157. The number of aromatic nitrogens is 1. The van der Waals surface area contributed by atoms with Crippen molar-refractivity contribution in [2.24, 2.45) is 22.6 Å². The average molecular weight is 415 g/mol. The van der Waals surface area contributed by atoms with E-state index in [4.69, 9.17) is 5.73 Å². The Kier molecular flexibility index (Phi) is 6.58. The van der Waals surface area contributed by atoms with Crippen LogP contribution >= 0.6 is 0 Å². The van der Waals surface area contributed by atoms with Gasteiger partial charge in [0, 0.05) is 36.0 Å². The third kappa shape index (κ3) is 4.78. The van der Waals surface area contributed by atoms with Gasteiger partial charge in [0.1, 0.15) is 11.5 Å². The van der Waals surface area contributed by atoms with E-state index in [9.17, 15) is 14.3 Å². The van der Waals surface area contributed by atoms with E-state index in [2.05, 4.69) is 15.3 Å². The van der Waals surface area contributed by atoms with Crippen molar-refractivity contribution in [3.63, 3.8) is 0 Å². The molecule has 0 bridgehead atoms. The van der Waals surface area contributed by atoms with Crippen LogP contribution in [0.3, 0.4) is 0 Å². The molecule has 162 valence electrons. The molecule has 2 saturated carbocycles. The molecule has 30 heavy (non-hydrogen) atoms. The molecule has 2 heterocycles. The Labute approximate surface area is 176 Å². The van der Waals surface area contributed by atoms with Crippen molar-refractivity contribution in [1.29, 1.82) is 0 Å². The lowest BCUT2D eigenvalue weighted by atomic mass is 9.75. The Morgan fingerprint density at radius 3 is 2.73 bits per heavy atom. The number of aliphatic hydroxyl groups excluding tert-OH is 1. The SMILES string of the molecule is NC1CCCC(C2CC=NC=C2NC(=O)c2ccc(F)c(C3CCC(O)CC3)n2)C1. The summed E-state index contributed by atoms with van der Waals surface area (Å²) in [6.45, 7) is 0. The quantitative estimate of drug-likeness (QED) is 0.703. The Bertz CT molecular complexity index is 832. The highest BCUT2D eigenvalue weighted by Gasteiger charge is 2.31. The van der Waals surface area contributed by atoms with Crippen LogP contribution < -0.4 is 11.1 Å². The number of rotatable bonds is 4. The molecule has 1 amide bonds. The van der Waals surface area contributed by atoms with Crippen LogP contribution in [-0.2, 0) is 0 Å². The molecule has 0 radical (unpaired) electrons. The van der Waals surface area contributed by atoms with Gasteiger partial charge >= 0.3 is 0 Å². The van der Waals surface area contributed by atoms with Gasteiger partial charge in [-0.05, 0) is 69.4 Å². The number of nitrogens with two attached hydrogens (primary N) is 1. The van der Waals surface area contributed by atoms with Gasteiger partial charge in [0.05, 0.1) is 11.8 Å². The molecule has 6 nitrogen and oxygen atoms in total. The standard InChI is InChI=1S/C23H31FN4O2/c24-19-8-9-20(27-22(19)14-4-6-17(29)7-5-14)23(30)28-21-13-26-11-10-18(21)15-2-1-3-16(25)12-15/h8-9,11,13-18,29H,1-7,10,12,25H2,(H,28,30). The number of nitrogens with one attached hydrogen (secondary N) is 1. The van der Waals surface area contributed by atoms with Gasteiger partial charge in [-0.1, -0.05) is 6.42 Å². The summed E-state index contributed by atoms with van der Waals surface area (Å²) in [4.78, 5) is 21.6. The number of allylic oxidation sites excluding steroid dienone is 1. The van der Waals surface area contributed by atoms with Crippen molar-refractivity contribution in [2.45, 2.75) is 75.9 Å². The second-order valence-corrected chi connectivity index (χ2v) is 8.97. The van der Waals surface area contributed by atoms with Crippen LogP contribution in [0.1, 0.15) is 79.9 Å². The molecule has 0 saturated heterocycles. The lowest BCUT2D eigenvalue weighted by Crippen LogP contribution is -2.37. The number of nitrogens with zero attached hydrogens (tertiary/aromatic N) is 2. The van der Waals surface area contributed by atoms with Crippen LogP contribution in [0, 0.1) is 17.7 Å². The number of hydrogen-bond donors (Lipinski definition) is 3. The Morgan fingerprint density at radius 2 is 1.97 bits per heavy atom. The normalized spacial score (nSPS) is 31.8. The zero-order chi connectivity index (χ0) is 21.1. The van der Waals surface area contributed by atoms with E-state index in [1.165, 1.54) is 12.1 Å². The van der Waals surface area contributed by atoms with Crippen LogP contribution in [0.15, 0.2) is 29.0 Å². The van der Waals surface area contributed by atoms with Crippen molar-refractivity contribution in [1.82, 2.24) is 10.3 Å². The number of halogens is 1. The number of amides is 1. The van der Waals surface area contributed by atoms with Crippen LogP contribution in [0.5, 0.6) is 0 Å². The summed E-state index contributed by atoms with van der Waals surface area (Å²) in [6.07, 6.45) is 10.9. The van der Waals surface area contributed by atoms with Crippen molar-refractivity contribution in [3.8, 4) is 0 Å². The van der Waals surface area contributed by atoms with Crippen LogP contribution in [0.4, 0.5) is 4.39 Å². The first-order chi connectivity index (χ1) is 14.5. The maximum atomic E-state index is 14.4. The summed E-state index contributed by atoms with van der Waals surface area (Å²) >= 11 is 0. The maximum Gasteiger partial charge on any atom is 0.274 e. The monoisotopic (exact) mass is 414 g/mol. The van der Waals surface area contributed by atoms with E-state index in [0.29, 0.717) is 37.3 Å². The van der Waals surface area contributed by atoms with E-state index in [-0.39, 0.29) is 41.4 Å². The first-order valence-corrected chi connectivity index (χ1v) is 11.1. The fraction of sp³-hybridized carbons (Fsp3) is 0.609. The number of hydrogen-bond acceptors (Lipinski definition) is 5. The average Bonchev–Trinajstić information content (AvgIpc) is 2.75. The predicted molar refractivity (Wildman–Crippen MR) is 113 cm³/mol. The van der Waals surface area contributed by atoms with Gasteiger partial charge in [0.2, 0.25) is 0 Å². The van der Waals surface area contributed by atoms with Gasteiger partial charge in [-0.15, -0.1) is 0 Å². The van der Waals surface area contributed by atoms with Gasteiger partial charge < -0.3 is 16.2 Å². The lowest BCUT2D eigenvalue weighted by Gasteiger charge is -2.34. The molecule has 4 rings (SSSR count). The molecule has 3 unspecified atom stereocenters. The van der Waals surface area contributed by atoms with E-state index in [1.807, 2.05) is 6.21 Å². The number of aliphatic imine (C=N–C) groups is 1. The fourth-order valence-corrected chi connectivity index (χ4v) is 5.15. The highest BCUT2D eigenvalue weighted by atomic mass is 19.1. The molecular weight excluding hydrogens is 383 g/mol. The van der Waals surface area contributed by atoms with Gasteiger partial charge in [-0.2, -0.15) is 0 Å². The minimum atomic E-state index is -0.386. The second-order valence-electron chi connectivity index (χ2n) is 8.97. The fourth-order valence-electron chi connectivity index (χ4n) is 5.15. The molecule has 4 N–H and O–H groups in total.